The number of nitrogens with zero attached hydrogens (tertiary/aromatic N) is 4. The lowest BCUT2D eigenvalue weighted by Gasteiger charge is -2.07. The molecule has 0 unspecified atom stereocenters. The summed E-state index contributed by atoms with van der Waals surface area (Å²) in [5.74, 6) is 1.37. The number of hydrogen-bond donors (Lipinski definition) is 1. The highest BCUT2D eigenvalue weighted by atomic mass is 16.1. The number of aromatic nitrogens is 4. The molecule has 0 aromatic carbocycles. The Morgan fingerprint density at radius 1 is 1.39 bits per heavy atom. The molecular weight excluding hydrogens is 230 g/mol. The zero-order valence-electron chi connectivity index (χ0n) is 10.4. The predicted molar refractivity (Wildman–Crippen MR) is 68.5 cm³/mol. The van der Waals surface area contributed by atoms with Gasteiger partial charge in [0.05, 0.1) is 6.54 Å². The van der Waals surface area contributed by atoms with Gasteiger partial charge in [-0.25, -0.2) is 19.7 Å². The van der Waals surface area contributed by atoms with Crippen molar-refractivity contribution in [2.75, 3.05) is 11.9 Å². The second-order valence-corrected chi connectivity index (χ2v) is 3.87. The Morgan fingerprint density at radius 2 is 2.22 bits per heavy atom. The van der Waals surface area contributed by atoms with Gasteiger partial charge >= 0.3 is 5.69 Å². The molecule has 0 amide bonds. The molecule has 2 heterocycles. The van der Waals surface area contributed by atoms with Crippen LogP contribution in [0.5, 0.6) is 0 Å². The highest BCUT2D eigenvalue weighted by Gasteiger charge is 2.04. The number of anilines is 1. The molecule has 0 aliphatic carbocycles. The predicted octanol–water partition coefficient (Wildman–Crippen LogP) is 0.822. The van der Waals surface area contributed by atoms with E-state index in [-0.39, 0.29) is 5.69 Å². The van der Waals surface area contributed by atoms with Crippen LogP contribution in [0.4, 0.5) is 5.82 Å². The van der Waals surface area contributed by atoms with Crippen LogP contribution in [-0.4, -0.2) is 26.1 Å². The molecule has 1 N–H and O–H groups in total. The van der Waals surface area contributed by atoms with Crippen LogP contribution in [0.15, 0.2) is 29.3 Å². The number of nitrogens with one attached hydrogen (secondary N) is 1. The molecule has 2 aromatic heterocycles. The third-order valence-corrected chi connectivity index (χ3v) is 2.35. The standard InChI is InChI=1S/C12H15N5O/c1-3-13-10-7-9(2)15-11(16-10)8-17-6-4-5-14-12(17)18/h4-7H,3,8H2,1-2H3,(H,13,15,16). The van der Waals surface area contributed by atoms with Gasteiger partial charge in [0.1, 0.15) is 5.82 Å². The first-order valence-corrected chi connectivity index (χ1v) is 5.79. The fourth-order valence-corrected chi connectivity index (χ4v) is 1.63. The minimum Gasteiger partial charge on any atom is -0.370 e. The molecule has 0 aliphatic heterocycles. The molecule has 0 saturated carbocycles. The van der Waals surface area contributed by atoms with Gasteiger partial charge < -0.3 is 5.32 Å². The quantitative estimate of drug-likeness (QED) is 0.863. The number of rotatable bonds is 4. The summed E-state index contributed by atoms with van der Waals surface area (Å²) in [6.07, 6.45) is 3.15. The maximum Gasteiger partial charge on any atom is 0.347 e. The second kappa shape index (κ2) is 5.39. The topological polar surface area (TPSA) is 72.7 Å². The van der Waals surface area contributed by atoms with E-state index in [1.165, 1.54) is 10.8 Å². The molecule has 2 rings (SSSR count). The van der Waals surface area contributed by atoms with E-state index in [1.54, 1.807) is 12.3 Å². The summed E-state index contributed by atoms with van der Waals surface area (Å²) in [5, 5.41) is 3.14. The van der Waals surface area contributed by atoms with Crippen molar-refractivity contribution in [3.05, 3.63) is 46.5 Å². The lowest BCUT2D eigenvalue weighted by Crippen LogP contribution is -2.23. The Labute approximate surface area is 105 Å². The molecule has 0 radical (unpaired) electrons. The maximum atomic E-state index is 11.5. The molecule has 0 fully saturated rings. The summed E-state index contributed by atoms with van der Waals surface area (Å²) in [6.45, 7) is 5.02. The normalized spacial score (nSPS) is 10.3. The Balaban J connectivity index is 2.29. The van der Waals surface area contributed by atoms with Crippen molar-refractivity contribution in [3.63, 3.8) is 0 Å². The zero-order chi connectivity index (χ0) is 13.0. The van der Waals surface area contributed by atoms with E-state index in [4.69, 9.17) is 0 Å². The monoisotopic (exact) mass is 245 g/mol. The van der Waals surface area contributed by atoms with Crippen LogP contribution in [0.1, 0.15) is 18.4 Å². The molecule has 6 nitrogen and oxygen atoms in total. The van der Waals surface area contributed by atoms with E-state index in [9.17, 15) is 4.79 Å². The van der Waals surface area contributed by atoms with E-state index < -0.39 is 0 Å². The van der Waals surface area contributed by atoms with Gasteiger partial charge in [-0.3, -0.25) is 4.57 Å². The van der Waals surface area contributed by atoms with Gasteiger partial charge in [0.2, 0.25) is 0 Å². The van der Waals surface area contributed by atoms with Crippen molar-refractivity contribution in [3.8, 4) is 0 Å². The van der Waals surface area contributed by atoms with Crippen LogP contribution in [0.2, 0.25) is 0 Å². The van der Waals surface area contributed by atoms with E-state index in [0.29, 0.717) is 12.4 Å². The third kappa shape index (κ3) is 2.91. The highest BCUT2D eigenvalue weighted by molar-refractivity contribution is 5.35. The lowest BCUT2D eigenvalue weighted by atomic mass is 10.4. The molecule has 6 heteroatoms. The van der Waals surface area contributed by atoms with Gasteiger partial charge in [0.25, 0.3) is 0 Å². The Morgan fingerprint density at radius 3 is 2.94 bits per heavy atom. The first kappa shape index (κ1) is 12.2. The van der Waals surface area contributed by atoms with Gasteiger partial charge in [-0.2, -0.15) is 0 Å². The molecular formula is C12H15N5O. The fraction of sp³-hybridized carbons (Fsp3) is 0.333. The van der Waals surface area contributed by atoms with E-state index in [2.05, 4.69) is 20.3 Å². The average Bonchev–Trinajstić information content (AvgIpc) is 2.32. The summed E-state index contributed by atoms with van der Waals surface area (Å²) in [7, 11) is 0. The SMILES string of the molecule is CCNc1cc(C)nc(Cn2cccnc2=O)n1. The summed E-state index contributed by atoms with van der Waals surface area (Å²) in [6, 6.07) is 3.58. The van der Waals surface area contributed by atoms with Gasteiger partial charge in [0, 0.05) is 30.7 Å². The van der Waals surface area contributed by atoms with E-state index in [0.717, 1.165) is 18.1 Å². The molecule has 0 bridgehead atoms. The van der Waals surface area contributed by atoms with Crippen LogP contribution >= 0.6 is 0 Å². The fourth-order valence-electron chi connectivity index (χ4n) is 1.63. The van der Waals surface area contributed by atoms with Crippen molar-refractivity contribution in [1.82, 2.24) is 19.5 Å². The summed E-state index contributed by atoms with van der Waals surface area (Å²) in [4.78, 5) is 23.9. The number of hydrogen-bond acceptors (Lipinski definition) is 5. The minimum absolute atomic E-state index is 0.299. The first-order chi connectivity index (χ1) is 8.69. The van der Waals surface area contributed by atoms with Crippen molar-refractivity contribution in [2.24, 2.45) is 0 Å². The van der Waals surface area contributed by atoms with Gasteiger partial charge in [0.15, 0.2) is 5.82 Å². The molecule has 94 valence electrons. The van der Waals surface area contributed by atoms with Crippen molar-refractivity contribution < 1.29 is 0 Å². The average molecular weight is 245 g/mol. The highest BCUT2D eigenvalue weighted by Crippen LogP contribution is 2.06. The van der Waals surface area contributed by atoms with Crippen LogP contribution in [0.25, 0.3) is 0 Å². The van der Waals surface area contributed by atoms with Crippen LogP contribution in [0, 0.1) is 6.92 Å². The van der Waals surface area contributed by atoms with E-state index >= 15 is 0 Å². The molecule has 0 atom stereocenters. The number of aryl methyl sites for hydroxylation is 1. The molecule has 0 aliphatic rings. The van der Waals surface area contributed by atoms with Gasteiger partial charge in [-0.1, -0.05) is 0 Å². The Hall–Kier alpha value is -2.24. The molecule has 0 spiro atoms. The second-order valence-electron chi connectivity index (χ2n) is 3.87. The molecule has 0 saturated heterocycles. The van der Waals surface area contributed by atoms with E-state index in [1.807, 2.05) is 19.9 Å². The minimum atomic E-state index is -0.299. The largest absolute Gasteiger partial charge is 0.370 e. The summed E-state index contributed by atoms with van der Waals surface area (Å²) >= 11 is 0. The Bertz CT molecular complexity index is 593. The Kier molecular flexibility index (Phi) is 3.66. The van der Waals surface area contributed by atoms with Crippen LogP contribution in [-0.2, 0) is 6.54 Å². The first-order valence-electron chi connectivity index (χ1n) is 5.79. The molecule has 2 aromatic rings. The van der Waals surface area contributed by atoms with Crippen molar-refractivity contribution in [1.29, 1.82) is 0 Å². The van der Waals surface area contributed by atoms with Crippen LogP contribution < -0.4 is 11.0 Å². The third-order valence-electron chi connectivity index (χ3n) is 2.35. The smallest absolute Gasteiger partial charge is 0.347 e. The van der Waals surface area contributed by atoms with Crippen molar-refractivity contribution >= 4 is 5.82 Å². The summed E-state index contributed by atoms with van der Waals surface area (Å²) in [5.41, 5.74) is 0.570. The summed E-state index contributed by atoms with van der Waals surface area (Å²) < 4.78 is 1.48. The zero-order valence-corrected chi connectivity index (χ0v) is 10.4. The molecule has 18 heavy (non-hydrogen) atoms. The van der Waals surface area contributed by atoms with Crippen LogP contribution in [0.3, 0.4) is 0 Å². The maximum absolute atomic E-state index is 11.5. The van der Waals surface area contributed by atoms with Gasteiger partial charge in [-0.15, -0.1) is 0 Å². The van der Waals surface area contributed by atoms with Gasteiger partial charge in [-0.05, 0) is 19.9 Å². The lowest BCUT2D eigenvalue weighted by molar-refractivity contribution is 0.688. The van der Waals surface area contributed by atoms with Crippen molar-refractivity contribution in [2.45, 2.75) is 20.4 Å².